The Balaban J connectivity index is 2.14. The minimum absolute atomic E-state index is 0.00613. The molecule has 9 heteroatoms. The first-order valence-corrected chi connectivity index (χ1v) is 12.0. The maximum Gasteiger partial charge on any atom is 0.175 e. The van der Waals surface area contributed by atoms with Crippen molar-refractivity contribution in [1.82, 2.24) is 0 Å². The van der Waals surface area contributed by atoms with Gasteiger partial charge in [-0.2, -0.15) is 0 Å². The first-order valence-electron chi connectivity index (χ1n) is 8.23. The number of sulfone groups is 2. The average molecular weight is 438 g/mol. The second kappa shape index (κ2) is 7.57. The predicted octanol–water partition coefficient (Wildman–Crippen LogP) is 4.23. The SMILES string of the molecule is CS(=O)(=O)c1ccc(-c2cc(S(C)(=O)=O)ccc2Oc2ccc(F)cc2F)cc1. The molecule has 0 bridgehead atoms. The Labute approximate surface area is 167 Å². The van der Waals surface area contributed by atoms with Gasteiger partial charge in [0.25, 0.3) is 0 Å². The van der Waals surface area contributed by atoms with Crippen LogP contribution in [0.1, 0.15) is 0 Å². The summed E-state index contributed by atoms with van der Waals surface area (Å²) in [7, 11) is -6.96. The monoisotopic (exact) mass is 438 g/mol. The summed E-state index contributed by atoms with van der Waals surface area (Å²) in [6, 6.07) is 12.6. The van der Waals surface area contributed by atoms with Gasteiger partial charge >= 0.3 is 0 Å². The molecular weight excluding hydrogens is 422 g/mol. The first kappa shape index (κ1) is 20.9. The zero-order valence-electron chi connectivity index (χ0n) is 15.4. The second-order valence-electron chi connectivity index (χ2n) is 6.40. The fourth-order valence-electron chi connectivity index (χ4n) is 2.61. The Hall–Kier alpha value is -2.78. The third kappa shape index (κ3) is 4.80. The van der Waals surface area contributed by atoms with Crippen LogP contribution < -0.4 is 4.74 Å². The topological polar surface area (TPSA) is 77.5 Å². The molecule has 0 N–H and O–H groups in total. The van der Waals surface area contributed by atoms with E-state index in [1.54, 1.807) is 0 Å². The molecule has 0 heterocycles. The number of hydrogen-bond acceptors (Lipinski definition) is 5. The predicted molar refractivity (Wildman–Crippen MR) is 105 cm³/mol. The van der Waals surface area contributed by atoms with Crippen molar-refractivity contribution in [2.75, 3.05) is 12.5 Å². The lowest BCUT2D eigenvalue weighted by molar-refractivity contribution is 0.438. The largest absolute Gasteiger partial charge is 0.454 e. The summed E-state index contributed by atoms with van der Waals surface area (Å²) < 4.78 is 79.9. The minimum Gasteiger partial charge on any atom is -0.454 e. The number of hydrogen-bond donors (Lipinski definition) is 0. The quantitative estimate of drug-likeness (QED) is 0.596. The Morgan fingerprint density at radius 2 is 1.24 bits per heavy atom. The molecule has 0 radical (unpaired) electrons. The zero-order chi connectivity index (χ0) is 21.4. The first-order chi connectivity index (χ1) is 13.4. The average Bonchev–Trinajstić information content (AvgIpc) is 2.63. The van der Waals surface area contributed by atoms with Gasteiger partial charge in [0.2, 0.25) is 0 Å². The Morgan fingerprint density at radius 3 is 1.79 bits per heavy atom. The molecule has 29 heavy (non-hydrogen) atoms. The van der Waals surface area contributed by atoms with Crippen molar-refractivity contribution in [2.24, 2.45) is 0 Å². The highest BCUT2D eigenvalue weighted by atomic mass is 32.2. The van der Waals surface area contributed by atoms with Gasteiger partial charge in [-0.3, -0.25) is 0 Å². The highest BCUT2D eigenvalue weighted by molar-refractivity contribution is 7.91. The Morgan fingerprint density at radius 1 is 0.690 bits per heavy atom. The summed E-state index contributed by atoms with van der Waals surface area (Å²) in [4.78, 5) is 0.0965. The van der Waals surface area contributed by atoms with E-state index in [4.69, 9.17) is 4.74 Å². The lowest BCUT2D eigenvalue weighted by atomic mass is 10.0. The zero-order valence-corrected chi connectivity index (χ0v) is 17.0. The van der Waals surface area contributed by atoms with Crippen LogP contribution >= 0.6 is 0 Å². The standard InChI is InChI=1S/C20H16F2O5S2/c1-28(23,24)15-6-3-13(4-7-15)17-12-16(29(2,25)26)8-10-19(17)27-20-9-5-14(21)11-18(20)22/h3-12H,1-2H3. The van der Waals surface area contributed by atoms with Crippen molar-refractivity contribution in [1.29, 1.82) is 0 Å². The molecule has 0 spiro atoms. The summed E-state index contributed by atoms with van der Waals surface area (Å²) in [5.74, 6) is -1.81. The van der Waals surface area contributed by atoms with Gasteiger partial charge in [0.15, 0.2) is 31.2 Å². The van der Waals surface area contributed by atoms with Gasteiger partial charge in [-0.05, 0) is 48.0 Å². The lowest BCUT2D eigenvalue weighted by Crippen LogP contribution is -2.00. The number of ether oxygens (including phenoxy) is 1. The molecule has 0 aliphatic carbocycles. The van der Waals surface area contributed by atoms with E-state index in [0.717, 1.165) is 24.6 Å². The maximum absolute atomic E-state index is 14.0. The fourth-order valence-corrected chi connectivity index (χ4v) is 3.89. The number of halogens is 2. The summed E-state index contributed by atoms with van der Waals surface area (Å²) in [5.41, 5.74) is 0.761. The summed E-state index contributed by atoms with van der Waals surface area (Å²) in [5, 5.41) is 0. The summed E-state index contributed by atoms with van der Waals surface area (Å²) in [6.45, 7) is 0. The van der Waals surface area contributed by atoms with Crippen molar-refractivity contribution >= 4 is 19.7 Å². The molecular formula is C20H16F2O5S2. The molecule has 0 aliphatic heterocycles. The van der Waals surface area contributed by atoms with E-state index in [0.29, 0.717) is 17.2 Å². The summed E-state index contributed by atoms with van der Waals surface area (Å²) in [6.07, 6.45) is 2.11. The van der Waals surface area contributed by atoms with E-state index in [-0.39, 0.29) is 21.3 Å². The third-order valence-corrected chi connectivity index (χ3v) is 6.33. The lowest BCUT2D eigenvalue weighted by Gasteiger charge is -2.14. The third-order valence-electron chi connectivity index (χ3n) is 4.09. The van der Waals surface area contributed by atoms with E-state index in [1.165, 1.54) is 42.5 Å². The van der Waals surface area contributed by atoms with E-state index < -0.39 is 31.3 Å². The molecule has 152 valence electrons. The highest BCUT2D eigenvalue weighted by Gasteiger charge is 2.16. The molecule has 0 amide bonds. The number of benzene rings is 3. The summed E-state index contributed by atoms with van der Waals surface area (Å²) >= 11 is 0. The van der Waals surface area contributed by atoms with Crippen molar-refractivity contribution in [3.05, 3.63) is 72.3 Å². The molecule has 0 aliphatic rings. The molecule has 3 aromatic carbocycles. The van der Waals surface area contributed by atoms with Gasteiger partial charge in [0.05, 0.1) is 9.79 Å². The van der Waals surface area contributed by atoms with Gasteiger partial charge in [0, 0.05) is 24.1 Å². The smallest absolute Gasteiger partial charge is 0.175 e. The molecule has 3 rings (SSSR count). The molecule has 3 aromatic rings. The molecule has 0 fully saturated rings. The van der Waals surface area contributed by atoms with E-state index in [2.05, 4.69) is 0 Å². The molecule has 5 nitrogen and oxygen atoms in total. The Bertz CT molecular complexity index is 1280. The van der Waals surface area contributed by atoms with Gasteiger partial charge in [-0.15, -0.1) is 0 Å². The van der Waals surface area contributed by atoms with Gasteiger partial charge in [-0.25, -0.2) is 25.6 Å². The molecule has 0 atom stereocenters. The van der Waals surface area contributed by atoms with Crippen molar-refractivity contribution in [3.8, 4) is 22.6 Å². The van der Waals surface area contributed by atoms with Crippen LogP contribution in [-0.2, 0) is 19.7 Å². The maximum atomic E-state index is 14.0. The number of rotatable bonds is 5. The van der Waals surface area contributed by atoms with Crippen molar-refractivity contribution < 1.29 is 30.4 Å². The molecule has 0 saturated heterocycles. The van der Waals surface area contributed by atoms with Crippen molar-refractivity contribution in [3.63, 3.8) is 0 Å². The van der Waals surface area contributed by atoms with Crippen LogP contribution in [-0.4, -0.2) is 29.3 Å². The van der Waals surface area contributed by atoms with Gasteiger partial charge in [0.1, 0.15) is 11.6 Å². The molecule has 0 aromatic heterocycles. The van der Waals surface area contributed by atoms with Crippen LogP contribution in [0.15, 0.2) is 70.5 Å². The molecule has 0 unspecified atom stereocenters. The van der Waals surface area contributed by atoms with Crippen LogP contribution in [0.3, 0.4) is 0 Å². The van der Waals surface area contributed by atoms with Crippen LogP contribution in [0.2, 0.25) is 0 Å². The van der Waals surface area contributed by atoms with Gasteiger partial charge < -0.3 is 4.74 Å². The van der Waals surface area contributed by atoms with Crippen LogP contribution in [0.4, 0.5) is 8.78 Å². The van der Waals surface area contributed by atoms with Gasteiger partial charge in [-0.1, -0.05) is 12.1 Å². The molecule has 0 saturated carbocycles. The van der Waals surface area contributed by atoms with Crippen LogP contribution in [0.25, 0.3) is 11.1 Å². The minimum atomic E-state index is -3.54. The van der Waals surface area contributed by atoms with Crippen molar-refractivity contribution in [2.45, 2.75) is 9.79 Å². The van der Waals surface area contributed by atoms with Crippen LogP contribution in [0.5, 0.6) is 11.5 Å². The second-order valence-corrected chi connectivity index (χ2v) is 10.4. The Kier molecular flexibility index (Phi) is 5.46. The highest BCUT2D eigenvalue weighted by Crippen LogP contribution is 2.36. The van der Waals surface area contributed by atoms with Crippen LogP contribution in [0, 0.1) is 11.6 Å². The van der Waals surface area contributed by atoms with E-state index in [9.17, 15) is 25.6 Å². The van der Waals surface area contributed by atoms with E-state index >= 15 is 0 Å². The van der Waals surface area contributed by atoms with E-state index in [1.807, 2.05) is 0 Å². The fraction of sp³-hybridized carbons (Fsp3) is 0.100. The normalized spacial score (nSPS) is 12.0.